The topological polar surface area (TPSA) is 43.8 Å². The van der Waals surface area contributed by atoms with Crippen molar-refractivity contribution in [1.29, 1.82) is 0 Å². The summed E-state index contributed by atoms with van der Waals surface area (Å²) in [7, 11) is 2.07. The molecule has 1 aliphatic rings. The van der Waals surface area contributed by atoms with E-state index in [1.807, 2.05) is 12.4 Å². The Hall–Kier alpha value is -0.830. The molecule has 1 heterocycles. The van der Waals surface area contributed by atoms with Crippen LogP contribution in [0, 0.1) is 17.3 Å². The second-order valence-corrected chi connectivity index (χ2v) is 7.29. The molecule has 1 aromatic heterocycles. The summed E-state index contributed by atoms with van der Waals surface area (Å²) < 4.78 is 2.12. The highest BCUT2D eigenvalue weighted by atomic mass is 15.0. The Balaban J connectivity index is 1.93. The molecule has 108 valence electrons. The average Bonchev–Trinajstić information content (AvgIpc) is 2.72. The number of rotatable bonds is 3. The maximum absolute atomic E-state index is 6.33. The Morgan fingerprint density at radius 1 is 1.37 bits per heavy atom. The molecule has 0 spiro atoms. The highest BCUT2D eigenvalue weighted by Gasteiger charge is 2.34. The Morgan fingerprint density at radius 3 is 2.68 bits per heavy atom. The smallest absolute Gasteiger partial charge is 0.108 e. The standard InChI is InChI=1S/C16H29N3/c1-16(2,3)13-6-7-14(17)12(11-13)5-8-15-18-9-10-19(15)4/h9-10,12-14H,5-8,11,17H2,1-4H3. The molecule has 0 radical (unpaired) electrons. The largest absolute Gasteiger partial charge is 0.338 e. The SMILES string of the molecule is Cn1ccnc1CCC1CC(C(C)(C)C)CCC1N. The lowest BCUT2D eigenvalue weighted by Crippen LogP contribution is -2.39. The van der Waals surface area contributed by atoms with Crippen LogP contribution in [0.4, 0.5) is 0 Å². The molecule has 3 nitrogen and oxygen atoms in total. The van der Waals surface area contributed by atoms with Crippen LogP contribution in [0.15, 0.2) is 12.4 Å². The van der Waals surface area contributed by atoms with Gasteiger partial charge in [0.1, 0.15) is 5.82 Å². The van der Waals surface area contributed by atoms with Crippen LogP contribution in [0.3, 0.4) is 0 Å². The molecule has 19 heavy (non-hydrogen) atoms. The van der Waals surface area contributed by atoms with E-state index in [1.165, 1.54) is 31.5 Å². The third-order valence-corrected chi connectivity index (χ3v) is 4.93. The Labute approximate surface area is 117 Å². The van der Waals surface area contributed by atoms with Crippen molar-refractivity contribution in [2.75, 3.05) is 0 Å². The normalized spacial score (nSPS) is 28.6. The third kappa shape index (κ3) is 3.59. The van der Waals surface area contributed by atoms with Crippen LogP contribution in [0.2, 0.25) is 0 Å². The van der Waals surface area contributed by atoms with Crippen LogP contribution in [0.5, 0.6) is 0 Å². The molecule has 0 saturated heterocycles. The number of aromatic nitrogens is 2. The van der Waals surface area contributed by atoms with Gasteiger partial charge in [0.25, 0.3) is 0 Å². The molecule has 0 bridgehead atoms. The van der Waals surface area contributed by atoms with Crippen molar-refractivity contribution in [2.45, 2.75) is 58.9 Å². The van der Waals surface area contributed by atoms with Crippen molar-refractivity contribution in [2.24, 2.45) is 30.0 Å². The first-order chi connectivity index (χ1) is 8.88. The van der Waals surface area contributed by atoms with Gasteiger partial charge in [-0.2, -0.15) is 0 Å². The lowest BCUT2D eigenvalue weighted by atomic mass is 9.67. The van der Waals surface area contributed by atoms with Gasteiger partial charge in [0, 0.05) is 31.9 Å². The summed E-state index contributed by atoms with van der Waals surface area (Å²) in [6.45, 7) is 7.10. The quantitative estimate of drug-likeness (QED) is 0.910. The minimum absolute atomic E-state index is 0.388. The summed E-state index contributed by atoms with van der Waals surface area (Å²) in [6, 6.07) is 0.388. The number of imidazole rings is 1. The van der Waals surface area contributed by atoms with Gasteiger partial charge in [0.2, 0.25) is 0 Å². The van der Waals surface area contributed by atoms with Crippen molar-refractivity contribution in [3.8, 4) is 0 Å². The number of nitrogens with zero attached hydrogens (tertiary/aromatic N) is 2. The maximum Gasteiger partial charge on any atom is 0.108 e. The van der Waals surface area contributed by atoms with E-state index in [4.69, 9.17) is 5.73 Å². The fourth-order valence-corrected chi connectivity index (χ4v) is 3.36. The van der Waals surface area contributed by atoms with E-state index >= 15 is 0 Å². The van der Waals surface area contributed by atoms with E-state index in [2.05, 4.69) is 37.4 Å². The highest BCUT2D eigenvalue weighted by Crippen LogP contribution is 2.41. The Morgan fingerprint density at radius 2 is 2.11 bits per heavy atom. The monoisotopic (exact) mass is 263 g/mol. The van der Waals surface area contributed by atoms with Crippen molar-refractivity contribution in [1.82, 2.24) is 9.55 Å². The second-order valence-electron chi connectivity index (χ2n) is 7.29. The van der Waals surface area contributed by atoms with Crippen molar-refractivity contribution in [3.05, 3.63) is 18.2 Å². The predicted octanol–water partition coefficient (Wildman–Crippen LogP) is 3.14. The Bertz CT molecular complexity index is 402. The van der Waals surface area contributed by atoms with E-state index in [0.29, 0.717) is 17.4 Å². The maximum atomic E-state index is 6.33. The lowest BCUT2D eigenvalue weighted by molar-refractivity contribution is 0.122. The van der Waals surface area contributed by atoms with E-state index in [1.54, 1.807) is 0 Å². The molecule has 3 unspecified atom stereocenters. The fraction of sp³-hybridized carbons (Fsp3) is 0.812. The van der Waals surface area contributed by atoms with E-state index < -0.39 is 0 Å². The lowest BCUT2D eigenvalue weighted by Gasteiger charge is -2.40. The van der Waals surface area contributed by atoms with Crippen LogP contribution in [0.25, 0.3) is 0 Å². The molecule has 1 aromatic rings. The van der Waals surface area contributed by atoms with Gasteiger partial charge in [-0.25, -0.2) is 4.98 Å². The molecular weight excluding hydrogens is 234 g/mol. The molecule has 1 saturated carbocycles. The summed E-state index contributed by atoms with van der Waals surface area (Å²) in [6.07, 6.45) is 9.91. The summed E-state index contributed by atoms with van der Waals surface area (Å²) in [5.41, 5.74) is 6.75. The molecule has 2 N–H and O–H groups in total. The molecule has 1 aliphatic carbocycles. The van der Waals surface area contributed by atoms with E-state index in [9.17, 15) is 0 Å². The van der Waals surface area contributed by atoms with Crippen molar-refractivity contribution in [3.63, 3.8) is 0 Å². The summed E-state index contributed by atoms with van der Waals surface area (Å²) in [5, 5.41) is 0. The van der Waals surface area contributed by atoms with Gasteiger partial charge in [-0.05, 0) is 42.9 Å². The Kier molecular flexibility index (Phi) is 4.34. The highest BCUT2D eigenvalue weighted by molar-refractivity contribution is 4.94. The zero-order chi connectivity index (χ0) is 14.0. The van der Waals surface area contributed by atoms with E-state index in [0.717, 1.165) is 12.3 Å². The first kappa shape index (κ1) is 14.6. The number of hydrogen-bond donors (Lipinski definition) is 1. The van der Waals surface area contributed by atoms with E-state index in [-0.39, 0.29) is 0 Å². The van der Waals surface area contributed by atoms with Gasteiger partial charge in [-0.1, -0.05) is 20.8 Å². The van der Waals surface area contributed by atoms with Crippen molar-refractivity contribution < 1.29 is 0 Å². The zero-order valence-electron chi connectivity index (χ0n) is 12.9. The predicted molar refractivity (Wildman–Crippen MR) is 79.8 cm³/mol. The molecule has 3 heteroatoms. The van der Waals surface area contributed by atoms with Crippen LogP contribution >= 0.6 is 0 Å². The fourth-order valence-electron chi connectivity index (χ4n) is 3.36. The first-order valence-electron chi connectivity index (χ1n) is 7.59. The third-order valence-electron chi connectivity index (χ3n) is 4.93. The van der Waals surface area contributed by atoms with Gasteiger partial charge < -0.3 is 10.3 Å². The first-order valence-corrected chi connectivity index (χ1v) is 7.59. The molecule has 2 rings (SSSR count). The molecule has 1 fully saturated rings. The minimum atomic E-state index is 0.388. The van der Waals surface area contributed by atoms with Crippen molar-refractivity contribution >= 4 is 0 Å². The summed E-state index contributed by atoms with van der Waals surface area (Å²) in [5.74, 6) is 2.67. The number of aryl methyl sites for hydroxylation is 2. The second kappa shape index (κ2) is 5.66. The van der Waals surface area contributed by atoms with Gasteiger partial charge in [-0.3, -0.25) is 0 Å². The molecular formula is C16H29N3. The van der Waals surface area contributed by atoms with Crippen LogP contribution in [-0.2, 0) is 13.5 Å². The minimum Gasteiger partial charge on any atom is -0.338 e. The van der Waals surface area contributed by atoms with Gasteiger partial charge in [0.15, 0.2) is 0 Å². The summed E-state index contributed by atoms with van der Waals surface area (Å²) >= 11 is 0. The molecule has 0 aliphatic heterocycles. The number of hydrogen-bond acceptors (Lipinski definition) is 2. The van der Waals surface area contributed by atoms with Crippen LogP contribution in [0.1, 0.15) is 52.3 Å². The van der Waals surface area contributed by atoms with Crippen LogP contribution in [-0.4, -0.2) is 15.6 Å². The van der Waals surface area contributed by atoms with Gasteiger partial charge in [0.05, 0.1) is 0 Å². The van der Waals surface area contributed by atoms with Crippen LogP contribution < -0.4 is 5.73 Å². The number of nitrogens with two attached hydrogens (primary N) is 1. The molecule has 0 aromatic carbocycles. The van der Waals surface area contributed by atoms with Gasteiger partial charge in [-0.15, -0.1) is 0 Å². The zero-order valence-corrected chi connectivity index (χ0v) is 12.9. The van der Waals surface area contributed by atoms with Gasteiger partial charge >= 0.3 is 0 Å². The molecule has 3 atom stereocenters. The average molecular weight is 263 g/mol. The summed E-state index contributed by atoms with van der Waals surface area (Å²) in [4.78, 5) is 4.42. The molecule has 0 amide bonds.